The molecule has 0 radical (unpaired) electrons. The Morgan fingerprint density at radius 1 is 1.39 bits per heavy atom. The zero-order valence-electron chi connectivity index (χ0n) is 11.7. The summed E-state index contributed by atoms with van der Waals surface area (Å²) in [5.74, 6) is -0.326. The lowest BCUT2D eigenvalue weighted by Gasteiger charge is -2.33. The molecule has 0 heterocycles. The molecule has 0 aromatic rings. The molecule has 2 N–H and O–H groups in total. The smallest absolute Gasteiger partial charge is 0.161 e. The highest BCUT2D eigenvalue weighted by Gasteiger charge is 2.36. The summed E-state index contributed by atoms with van der Waals surface area (Å²) in [6.07, 6.45) is 6.98. The van der Waals surface area contributed by atoms with E-state index in [0.717, 1.165) is 12.0 Å². The van der Waals surface area contributed by atoms with Gasteiger partial charge >= 0.3 is 0 Å². The lowest BCUT2D eigenvalue weighted by molar-refractivity contribution is -0.127. The summed E-state index contributed by atoms with van der Waals surface area (Å²) in [6, 6.07) is 0. The van der Waals surface area contributed by atoms with Crippen LogP contribution in [0.1, 0.15) is 47.0 Å². The zero-order valence-corrected chi connectivity index (χ0v) is 11.7. The Bertz CT molecular complexity index is 370. The van der Waals surface area contributed by atoms with Crippen molar-refractivity contribution in [1.82, 2.24) is 0 Å². The molecule has 102 valence electrons. The Morgan fingerprint density at radius 2 is 2.00 bits per heavy atom. The molecule has 1 aliphatic carbocycles. The van der Waals surface area contributed by atoms with E-state index in [9.17, 15) is 15.0 Å². The minimum atomic E-state index is -1.05. The molecule has 0 spiro atoms. The Hall–Kier alpha value is -0.930. The second-order valence-corrected chi connectivity index (χ2v) is 6.10. The summed E-state index contributed by atoms with van der Waals surface area (Å²) >= 11 is 0. The molecule has 0 saturated heterocycles. The van der Waals surface area contributed by atoms with Crippen LogP contribution in [0, 0.1) is 5.92 Å². The van der Waals surface area contributed by atoms with E-state index in [4.69, 9.17) is 0 Å². The first kappa shape index (κ1) is 15.1. The highest BCUT2D eigenvalue weighted by Crippen LogP contribution is 2.32. The van der Waals surface area contributed by atoms with Gasteiger partial charge in [0, 0.05) is 0 Å². The fourth-order valence-corrected chi connectivity index (χ4v) is 2.28. The van der Waals surface area contributed by atoms with E-state index in [-0.39, 0.29) is 11.7 Å². The molecule has 0 amide bonds. The molecule has 3 nitrogen and oxygen atoms in total. The van der Waals surface area contributed by atoms with Crippen molar-refractivity contribution in [3.8, 4) is 0 Å². The maximum absolute atomic E-state index is 11.9. The molecule has 0 aromatic heterocycles. The van der Waals surface area contributed by atoms with Crippen LogP contribution in [-0.2, 0) is 4.79 Å². The first-order valence-corrected chi connectivity index (χ1v) is 6.45. The first-order valence-electron chi connectivity index (χ1n) is 6.45. The van der Waals surface area contributed by atoms with E-state index in [1.807, 2.05) is 6.92 Å². The van der Waals surface area contributed by atoms with Crippen molar-refractivity contribution in [2.75, 3.05) is 0 Å². The van der Waals surface area contributed by atoms with Gasteiger partial charge in [0.25, 0.3) is 0 Å². The van der Waals surface area contributed by atoms with E-state index in [1.54, 1.807) is 39.0 Å². The van der Waals surface area contributed by atoms with Gasteiger partial charge in [-0.2, -0.15) is 0 Å². The van der Waals surface area contributed by atoms with Gasteiger partial charge in [-0.05, 0) is 53.0 Å². The molecular formula is C15H24O3. The largest absolute Gasteiger partial charge is 0.389 e. The van der Waals surface area contributed by atoms with Crippen molar-refractivity contribution >= 4 is 5.78 Å². The van der Waals surface area contributed by atoms with Crippen molar-refractivity contribution in [1.29, 1.82) is 0 Å². The van der Waals surface area contributed by atoms with E-state index in [2.05, 4.69) is 0 Å². The van der Waals surface area contributed by atoms with Gasteiger partial charge in [-0.1, -0.05) is 17.7 Å². The molecule has 0 saturated carbocycles. The second-order valence-electron chi connectivity index (χ2n) is 6.10. The van der Waals surface area contributed by atoms with Gasteiger partial charge in [0.15, 0.2) is 5.78 Å². The van der Waals surface area contributed by atoms with Crippen LogP contribution in [0.5, 0.6) is 0 Å². The Morgan fingerprint density at radius 3 is 2.50 bits per heavy atom. The summed E-state index contributed by atoms with van der Waals surface area (Å²) in [6.45, 7) is 6.99. The van der Waals surface area contributed by atoms with Crippen LogP contribution < -0.4 is 0 Å². The molecule has 1 aliphatic rings. The number of hydrogen-bond donors (Lipinski definition) is 2. The van der Waals surface area contributed by atoms with Gasteiger partial charge in [-0.25, -0.2) is 0 Å². The average Bonchev–Trinajstić information content (AvgIpc) is 2.13. The topological polar surface area (TPSA) is 57.5 Å². The van der Waals surface area contributed by atoms with Gasteiger partial charge in [0.1, 0.15) is 0 Å². The molecule has 0 unspecified atom stereocenters. The fourth-order valence-electron chi connectivity index (χ4n) is 2.28. The molecule has 0 bridgehead atoms. The van der Waals surface area contributed by atoms with Crippen LogP contribution in [0.4, 0.5) is 0 Å². The zero-order chi connectivity index (χ0) is 14.0. The summed E-state index contributed by atoms with van der Waals surface area (Å²) in [5.41, 5.74) is -0.849. The van der Waals surface area contributed by atoms with Crippen molar-refractivity contribution in [2.45, 2.75) is 58.2 Å². The van der Waals surface area contributed by atoms with E-state index in [1.165, 1.54) is 0 Å². The minimum Gasteiger partial charge on any atom is -0.389 e. The molecule has 3 heteroatoms. The SMILES string of the molecule is CC1=CC(=O)[C@@H]([C@@](C)(O)C/C=C/C(C)(C)O)CC1. The molecule has 0 fully saturated rings. The van der Waals surface area contributed by atoms with E-state index in [0.29, 0.717) is 12.8 Å². The molecule has 1 rings (SSSR count). The third-order valence-electron chi connectivity index (χ3n) is 3.37. The molecular weight excluding hydrogens is 228 g/mol. The minimum absolute atomic E-state index is 0.0143. The molecule has 2 atom stereocenters. The Balaban J connectivity index is 2.70. The fraction of sp³-hybridized carbons (Fsp3) is 0.667. The van der Waals surface area contributed by atoms with Crippen LogP contribution in [0.3, 0.4) is 0 Å². The second kappa shape index (κ2) is 5.37. The Labute approximate surface area is 109 Å². The van der Waals surface area contributed by atoms with Crippen molar-refractivity contribution < 1.29 is 15.0 Å². The normalized spacial score (nSPS) is 25.1. The maximum atomic E-state index is 11.9. The van der Waals surface area contributed by atoms with Crippen LogP contribution in [-0.4, -0.2) is 27.2 Å². The third-order valence-corrected chi connectivity index (χ3v) is 3.37. The highest BCUT2D eigenvalue weighted by atomic mass is 16.3. The quantitative estimate of drug-likeness (QED) is 0.755. The molecule has 0 aromatic carbocycles. The predicted octanol–water partition coefficient (Wildman–Crippen LogP) is 2.38. The summed E-state index contributed by atoms with van der Waals surface area (Å²) in [5, 5.41) is 20.0. The number of aliphatic hydroxyl groups is 2. The third kappa shape index (κ3) is 4.39. The van der Waals surface area contributed by atoms with Gasteiger partial charge in [0.2, 0.25) is 0 Å². The van der Waals surface area contributed by atoms with E-state index >= 15 is 0 Å². The first-order chi connectivity index (χ1) is 8.12. The number of carbonyl (C=O) groups excluding carboxylic acids is 1. The number of hydrogen-bond acceptors (Lipinski definition) is 3. The lowest BCUT2D eigenvalue weighted by Crippen LogP contribution is -2.40. The van der Waals surface area contributed by atoms with Crippen LogP contribution in [0.25, 0.3) is 0 Å². The van der Waals surface area contributed by atoms with E-state index < -0.39 is 11.2 Å². The van der Waals surface area contributed by atoms with Crippen molar-refractivity contribution in [2.24, 2.45) is 5.92 Å². The van der Waals surface area contributed by atoms with Crippen LogP contribution in [0.2, 0.25) is 0 Å². The summed E-state index contributed by atoms with van der Waals surface area (Å²) in [7, 11) is 0. The van der Waals surface area contributed by atoms with Crippen LogP contribution in [0.15, 0.2) is 23.8 Å². The highest BCUT2D eigenvalue weighted by molar-refractivity contribution is 5.94. The Kier molecular flexibility index (Phi) is 4.51. The maximum Gasteiger partial charge on any atom is 0.161 e. The van der Waals surface area contributed by atoms with Crippen LogP contribution >= 0.6 is 0 Å². The summed E-state index contributed by atoms with van der Waals surface area (Å²) < 4.78 is 0. The number of carbonyl (C=O) groups is 1. The van der Waals surface area contributed by atoms with Gasteiger partial charge < -0.3 is 10.2 Å². The number of rotatable bonds is 4. The molecule has 18 heavy (non-hydrogen) atoms. The van der Waals surface area contributed by atoms with Crippen molar-refractivity contribution in [3.05, 3.63) is 23.8 Å². The van der Waals surface area contributed by atoms with Gasteiger partial charge in [-0.3, -0.25) is 4.79 Å². The lowest BCUT2D eigenvalue weighted by atomic mass is 9.76. The summed E-state index contributed by atoms with van der Waals surface area (Å²) in [4.78, 5) is 11.9. The van der Waals surface area contributed by atoms with Crippen molar-refractivity contribution in [3.63, 3.8) is 0 Å². The van der Waals surface area contributed by atoms with Gasteiger partial charge in [-0.15, -0.1) is 0 Å². The molecule has 0 aliphatic heterocycles. The predicted molar refractivity (Wildman–Crippen MR) is 72.2 cm³/mol. The number of allylic oxidation sites excluding steroid dienone is 2. The average molecular weight is 252 g/mol. The monoisotopic (exact) mass is 252 g/mol. The standard InChI is InChI=1S/C15H24O3/c1-11-6-7-12(13(16)10-11)15(4,18)9-5-8-14(2,3)17/h5,8,10,12,17-18H,6-7,9H2,1-4H3/b8-5+/t12-,15-/m0/s1. The van der Waals surface area contributed by atoms with Gasteiger partial charge in [0.05, 0.1) is 17.1 Å². The number of ketones is 1.